The molecule has 0 spiro atoms. The first-order chi connectivity index (χ1) is 4.15. The summed E-state index contributed by atoms with van der Waals surface area (Å²) >= 11 is 1.96. The molecule has 11 heavy (non-hydrogen) atoms. The molecule has 0 rings (SSSR count). The van der Waals surface area contributed by atoms with Crippen molar-refractivity contribution in [2.45, 2.75) is 20.8 Å². The van der Waals surface area contributed by atoms with Crippen LogP contribution in [0.3, 0.4) is 0 Å². The average molecular weight is 210 g/mol. The van der Waals surface area contributed by atoms with Gasteiger partial charge in [0.2, 0.25) is 0 Å². The number of carbonyl (C=O) groups is 1. The first kappa shape index (κ1) is 22.7. The van der Waals surface area contributed by atoms with Gasteiger partial charge in [0.05, 0.1) is 0 Å². The van der Waals surface area contributed by atoms with Gasteiger partial charge in [-0.2, -0.15) is 11.8 Å². The number of hydrogen-bond donors (Lipinski definition) is 1. The summed E-state index contributed by atoms with van der Waals surface area (Å²) in [6, 6.07) is 0. The van der Waals surface area contributed by atoms with E-state index in [-0.39, 0.29) is 46.1 Å². The first-order valence-corrected chi connectivity index (χ1v) is 4.07. The molecule has 0 heterocycles. The van der Waals surface area contributed by atoms with Crippen LogP contribution in [0.4, 0.5) is 0 Å². The Kier molecular flexibility index (Phi) is 46.3. The predicted molar refractivity (Wildman–Crippen MR) is 53.6 cm³/mol. The van der Waals surface area contributed by atoms with Crippen molar-refractivity contribution in [3.05, 3.63) is 0 Å². The third-order valence-corrected chi connectivity index (χ3v) is 1.22. The van der Waals surface area contributed by atoms with Gasteiger partial charge in [-0.15, -0.1) is 0 Å². The van der Waals surface area contributed by atoms with Gasteiger partial charge in [0.15, 0.2) is 0 Å². The number of carboxylic acids is 1. The van der Waals surface area contributed by atoms with Gasteiger partial charge >= 0.3 is 37.7 Å². The second-order valence-corrected chi connectivity index (χ2v) is 2.86. The van der Waals surface area contributed by atoms with Crippen molar-refractivity contribution >= 4 is 55.5 Å². The molecule has 0 fully saturated rings. The van der Waals surface area contributed by atoms with Gasteiger partial charge in [-0.25, -0.2) is 0 Å². The van der Waals surface area contributed by atoms with Crippen molar-refractivity contribution in [1.82, 2.24) is 0 Å². The molecule has 0 aliphatic carbocycles. The second-order valence-electron chi connectivity index (χ2n) is 1.30. The van der Waals surface area contributed by atoms with E-state index in [4.69, 9.17) is 9.90 Å². The Morgan fingerprint density at radius 2 is 1.64 bits per heavy atom. The molecule has 0 amide bonds. The quantitative estimate of drug-likeness (QED) is 0.688. The number of thioether (sulfide) groups is 1. The van der Waals surface area contributed by atoms with Crippen molar-refractivity contribution in [1.29, 1.82) is 0 Å². The average Bonchev–Trinajstić information content (AvgIpc) is 1.66. The van der Waals surface area contributed by atoms with Crippen molar-refractivity contribution in [3.63, 3.8) is 0 Å². The Labute approximate surface area is 105 Å². The van der Waals surface area contributed by atoms with E-state index in [0.717, 1.165) is 6.92 Å². The van der Waals surface area contributed by atoms with Gasteiger partial charge in [-0.1, -0.05) is 13.8 Å². The summed E-state index contributed by atoms with van der Waals surface area (Å²) in [5.41, 5.74) is 0. The van der Waals surface area contributed by atoms with Crippen LogP contribution in [0.1, 0.15) is 23.6 Å². The summed E-state index contributed by atoms with van der Waals surface area (Å²) in [5.74, 6) is 1.69. The Bertz CT molecular complexity index is 72.9. The normalized spacial score (nSPS) is 6.09. The Morgan fingerprint density at radius 3 is 1.64 bits per heavy atom. The minimum atomic E-state index is -0.833. The summed E-state index contributed by atoms with van der Waals surface area (Å²) in [6.07, 6.45) is 0. The summed E-state index contributed by atoms with van der Waals surface area (Å²) in [5, 5.41) is 7.42. The number of hydrogen-bond acceptors (Lipinski definition) is 2. The van der Waals surface area contributed by atoms with Gasteiger partial charge < -0.3 is 13.4 Å². The summed E-state index contributed by atoms with van der Waals surface area (Å²) in [4.78, 5) is 9.00. The SMILES string of the molecule is CC(=O)O.CCSCC.O.[Ca+2].[H-].[H-]. The molecule has 0 radical (unpaired) electrons. The Balaban J connectivity index is -0.0000000146. The van der Waals surface area contributed by atoms with Crippen LogP contribution in [0.15, 0.2) is 0 Å². The van der Waals surface area contributed by atoms with E-state index in [0.29, 0.717) is 0 Å². The van der Waals surface area contributed by atoms with E-state index in [2.05, 4.69) is 13.8 Å². The zero-order chi connectivity index (χ0) is 7.70. The minimum absolute atomic E-state index is 0. The summed E-state index contributed by atoms with van der Waals surface area (Å²) in [7, 11) is 0. The molecule has 0 aromatic carbocycles. The molecule has 5 heteroatoms. The second kappa shape index (κ2) is 22.5. The van der Waals surface area contributed by atoms with Crippen LogP contribution in [0, 0.1) is 0 Å². The number of carboxylic acid groups (broad SMARTS) is 1. The van der Waals surface area contributed by atoms with Gasteiger partial charge in [-0.3, -0.25) is 4.79 Å². The smallest absolute Gasteiger partial charge is 1.00 e. The molecule has 0 bridgehead atoms. The van der Waals surface area contributed by atoms with Crippen LogP contribution in [-0.4, -0.2) is 65.8 Å². The fraction of sp³-hybridized carbons (Fsp3) is 0.833. The van der Waals surface area contributed by atoms with Crippen molar-refractivity contribution in [2.75, 3.05) is 11.5 Å². The van der Waals surface area contributed by atoms with E-state index in [1.807, 2.05) is 11.8 Å². The molecule has 0 aliphatic rings. The maximum atomic E-state index is 9.00. The third kappa shape index (κ3) is 97.6. The molecular formula is C6H18CaO3S. The molecule has 0 saturated heterocycles. The van der Waals surface area contributed by atoms with Crippen LogP contribution in [0.5, 0.6) is 0 Å². The van der Waals surface area contributed by atoms with E-state index in [9.17, 15) is 0 Å². The third-order valence-electron chi connectivity index (χ3n) is 0.408. The maximum absolute atomic E-state index is 9.00. The predicted octanol–water partition coefficient (Wildman–Crippen LogP) is 0.870. The van der Waals surface area contributed by atoms with Gasteiger partial charge in [0.1, 0.15) is 0 Å². The minimum Gasteiger partial charge on any atom is -1.00 e. The Hall–Kier alpha value is 1.04. The fourth-order valence-corrected chi connectivity index (χ4v) is 0.612. The number of aliphatic carboxylic acids is 1. The van der Waals surface area contributed by atoms with E-state index < -0.39 is 5.97 Å². The standard InChI is InChI=1S/C4H10S.C2H4O2.Ca.H2O.2H/c1-3-5-4-2;1-2(3)4;;;;/h3-4H2,1-2H3;1H3,(H,3,4);;1H2;;/q;;+2;;2*-1. The Morgan fingerprint density at radius 1 is 1.45 bits per heavy atom. The zero-order valence-electron chi connectivity index (χ0n) is 9.39. The largest absolute Gasteiger partial charge is 2.00 e. The molecular weight excluding hydrogens is 192 g/mol. The van der Waals surface area contributed by atoms with E-state index in [1.165, 1.54) is 11.5 Å². The van der Waals surface area contributed by atoms with Crippen molar-refractivity contribution < 1.29 is 18.2 Å². The van der Waals surface area contributed by atoms with Crippen molar-refractivity contribution in [2.24, 2.45) is 0 Å². The molecule has 3 N–H and O–H groups in total. The van der Waals surface area contributed by atoms with Crippen LogP contribution in [0.2, 0.25) is 0 Å². The molecule has 0 saturated carbocycles. The molecule has 0 unspecified atom stereocenters. The van der Waals surface area contributed by atoms with Crippen LogP contribution in [0.25, 0.3) is 0 Å². The maximum Gasteiger partial charge on any atom is 2.00 e. The zero-order valence-corrected chi connectivity index (χ0v) is 10.4. The van der Waals surface area contributed by atoms with Crippen LogP contribution in [-0.2, 0) is 4.79 Å². The molecule has 0 aromatic rings. The van der Waals surface area contributed by atoms with Crippen LogP contribution >= 0.6 is 11.8 Å². The monoisotopic (exact) mass is 210 g/mol. The summed E-state index contributed by atoms with van der Waals surface area (Å²) < 4.78 is 0. The molecule has 3 nitrogen and oxygen atoms in total. The topological polar surface area (TPSA) is 68.8 Å². The van der Waals surface area contributed by atoms with Crippen molar-refractivity contribution in [3.8, 4) is 0 Å². The molecule has 0 aliphatic heterocycles. The van der Waals surface area contributed by atoms with Crippen LogP contribution < -0.4 is 0 Å². The van der Waals surface area contributed by atoms with Gasteiger partial charge in [0.25, 0.3) is 5.97 Å². The van der Waals surface area contributed by atoms with Gasteiger partial charge in [-0.05, 0) is 11.5 Å². The molecule has 68 valence electrons. The van der Waals surface area contributed by atoms with E-state index >= 15 is 0 Å². The fourth-order valence-electron chi connectivity index (χ4n) is 0.204. The number of rotatable bonds is 2. The first-order valence-electron chi connectivity index (χ1n) is 2.92. The summed E-state index contributed by atoms with van der Waals surface area (Å²) in [6.45, 7) is 5.43. The van der Waals surface area contributed by atoms with Gasteiger partial charge in [0, 0.05) is 6.92 Å². The molecule has 0 aromatic heterocycles. The molecule has 0 atom stereocenters. The van der Waals surface area contributed by atoms with E-state index in [1.54, 1.807) is 0 Å².